The van der Waals surface area contributed by atoms with Crippen molar-refractivity contribution in [2.24, 2.45) is 0 Å². The molecule has 1 heterocycles. The minimum atomic E-state index is -0.518. The van der Waals surface area contributed by atoms with Gasteiger partial charge in [-0.05, 0) is 29.2 Å². The van der Waals surface area contributed by atoms with Crippen molar-refractivity contribution >= 4 is 0 Å². The van der Waals surface area contributed by atoms with Crippen LogP contribution in [0.5, 0.6) is 0 Å². The smallest absolute Gasteiger partial charge is 0.114 e. The van der Waals surface area contributed by atoms with Gasteiger partial charge in [-0.15, -0.1) is 0 Å². The van der Waals surface area contributed by atoms with Crippen molar-refractivity contribution in [2.45, 2.75) is 63.8 Å². The van der Waals surface area contributed by atoms with Crippen molar-refractivity contribution < 1.29 is 24.2 Å². The lowest BCUT2D eigenvalue weighted by atomic mass is 10.00. The predicted molar refractivity (Wildman–Crippen MR) is 158 cm³/mol. The lowest BCUT2D eigenvalue weighted by Crippen LogP contribution is -2.50. The Morgan fingerprint density at radius 1 is 0.512 bits per heavy atom. The van der Waals surface area contributed by atoms with Crippen LogP contribution >= 0.6 is 0 Å². The molecule has 0 unspecified atom stereocenters. The highest BCUT2D eigenvalue weighted by Gasteiger charge is 2.46. The number of nitrogens with zero attached hydrogens (tertiary/aromatic N) is 1. The fraction of sp³-hybridized carbons (Fsp3) is 0.314. The molecule has 1 saturated heterocycles. The number of hydroxylamine groups is 2. The van der Waals surface area contributed by atoms with Crippen LogP contribution in [0.3, 0.4) is 0 Å². The molecule has 1 fully saturated rings. The van der Waals surface area contributed by atoms with E-state index in [9.17, 15) is 5.21 Å². The summed E-state index contributed by atoms with van der Waals surface area (Å²) in [4.78, 5) is 0. The zero-order chi connectivity index (χ0) is 28.3. The second-order valence-corrected chi connectivity index (χ2v) is 10.5. The molecule has 0 aromatic heterocycles. The maximum absolute atomic E-state index is 11.3. The average molecular weight is 554 g/mol. The van der Waals surface area contributed by atoms with Crippen molar-refractivity contribution in [2.75, 3.05) is 6.54 Å². The summed E-state index contributed by atoms with van der Waals surface area (Å²) in [5.74, 6) is 0. The van der Waals surface area contributed by atoms with Crippen LogP contribution in [-0.4, -0.2) is 47.3 Å². The SMILES string of the molecule is C[C@@H]1[C@@H](OCc2ccccc2)[C@@H](OCc2ccccc2)[C@H](OCc2ccccc2)[C@H](OCc2ccccc2)CN1O. The first-order chi connectivity index (χ1) is 20.2. The van der Waals surface area contributed by atoms with Crippen LogP contribution < -0.4 is 0 Å². The Kier molecular flexibility index (Phi) is 10.7. The second kappa shape index (κ2) is 15.0. The highest BCUT2D eigenvalue weighted by atomic mass is 16.6. The third kappa shape index (κ3) is 8.33. The van der Waals surface area contributed by atoms with Gasteiger partial charge in [0.15, 0.2) is 0 Å². The van der Waals surface area contributed by atoms with Gasteiger partial charge >= 0.3 is 0 Å². The molecule has 0 radical (unpaired) electrons. The standard InChI is InChI=1S/C35H39NO5/c1-27-33(39-24-29-16-8-3-9-17-29)35(41-26-31-20-12-5-13-21-31)34(40-25-30-18-10-4-11-19-30)32(22-36(27)37)38-23-28-14-6-2-7-15-28/h2-21,27,32-35,37H,22-26H2,1H3/t27-,32-,33-,34-,35-/m1/s1. The molecule has 0 aliphatic carbocycles. The molecule has 0 saturated carbocycles. The third-order valence-electron chi connectivity index (χ3n) is 7.49. The van der Waals surface area contributed by atoms with Gasteiger partial charge in [0.2, 0.25) is 0 Å². The van der Waals surface area contributed by atoms with Gasteiger partial charge in [0, 0.05) is 0 Å². The minimum absolute atomic E-state index is 0.254. The predicted octanol–water partition coefficient (Wildman–Crippen LogP) is 6.42. The van der Waals surface area contributed by atoms with Gasteiger partial charge in [0.25, 0.3) is 0 Å². The maximum atomic E-state index is 11.3. The summed E-state index contributed by atoms with van der Waals surface area (Å²) < 4.78 is 26.4. The Balaban J connectivity index is 1.45. The van der Waals surface area contributed by atoms with Crippen LogP contribution in [-0.2, 0) is 45.4 Å². The molecule has 5 atom stereocenters. The van der Waals surface area contributed by atoms with E-state index in [2.05, 4.69) is 0 Å². The number of benzene rings is 4. The summed E-state index contributed by atoms with van der Waals surface area (Å²) in [7, 11) is 0. The van der Waals surface area contributed by atoms with Gasteiger partial charge < -0.3 is 24.2 Å². The van der Waals surface area contributed by atoms with Crippen molar-refractivity contribution in [3.05, 3.63) is 144 Å². The molecule has 6 nitrogen and oxygen atoms in total. The maximum Gasteiger partial charge on any atom is 0.114 e. The zero-order valence-electron chi connectivity index (χ0n) is 23.5. The van der Waals surface area contributed by atoms with Crippen molar-refractivity contribution in [1.29, 1.82) is 0 Å². The summed E-state index contributed by atoms with van der Waals surface area (Å²) in [6.07, 6.45) is -1.99. The summed E-state index contributed by atoms with van der Waals surface area (Å²) in [6.45, 7) is 3.75. The molecule has 1 aliphatic rings. The number of hydrogen-bond acceptors (Lipinski definition) is 6. The number of ether oxygens (including phenoxy) is 4. The molecule has 214 valence electrons. The molecule has 0 bridgehead atoms. The van der Waals surface area contributed by atoms with Crippen LogP contribution in [0.2, 0.25) is 0 Å². The van der Waals surface area contributed by atoms with Crippen LogP contribution in [0.15, 0.2) is 121 Å². The fourth-order valence-corrected chi connectivity index (χ4v) is 5.15. The fourth-order valence-electron chi connectivity index (χ4n) is 5.15. The Bertz CT molecular complexity index is 1280. The van der Waals surface area contributed by atoms with Gasteiger partial charge in [0.05, 0.1) is 39.0 Å². The second-order valence-electron chi connectivity index (χ2n) is 10.5. The molecule has 0 spiro atoms. The Morgan fingerprint density at radius 3 is 1.27 bits per heavy atom. The lowest BCUT2D eigenvalue weighted by molar-refractivity contribution is -0.189. The molecular weight excluding hydrogens is 514 g/mol. The first-order valence-electron chi connectivity index (χ1n) is 14.2. The summed E-state index contributed by atoms with van der Waals surface area (Å²) in [5.41, 5.74) is 4.20. The Morgan fingerprint density at radius 2 is 0.854 bits per heavy atom. The van der Waals surface area contributed by atoms with Crippen molar-refractivity contribution in [3.63, 3.8) is 0 Å². The molecule has 1 aliphatic heterocycles. The van der Waals surface area contributed by atoms with Gasteiger partial charge in [-0.3, -0.25) is 0 Å². The highest BCUT2D eigenvalue weighted by Crippen LogP contribution is 2.29. The van der Waals surface area contributed by atoms with Gasteiger partial charge in [-0.25, -0.2) is 0 Å². The quantitative estimate of drug-likeness (QED) is 0.218. The summed E-state index contributed by atoms with van der Waals surface area (Å²) in [6, 6.07) is 39.9. The van der Waals surface area contributed by atoms with Crippen LogP contribution in [0, 0.1) is 0 Å². The van der Waals surface area contributed by atoms with E-state index in [4.69, 9.17) is 18.9 Å². The molecule has 0 amide bonds. The first-order valence-corrected chi connectivity index (χ1v) is 14.2. The van der Waals surface area contributed by atoms with Gasteiger partial charge in [0.1, 0.15) is 24.4 Å². The topological polar surface area (TPSA) is 60.4 Å². The lowest BCUT2D eigenvalue weighted by Gasteiger charge is -2.36. The number of hydrogen-bond donors (Lipinski definition) is 1. The molecule has 41 heavy (non-hydrogen) atoms. The van der Waals surface area contributed by atoms with E-state index in [1.165, 1.54) is 5.06 Å². The first kappa shape index (κ1) is 29.1. The zero-order valence-corrected chi connectivity index (χ0v) is 23.5. The highest BCUT2D eigenvalue weighted by molar-refractivity contribution is 5.16. The molecular formula is C35H39NO5. The molecule has 4 aromatic carbocycles. The van der Waals surface area contributed by atoms with E-state index < -0.39 is 24.4 Å². The van der Waals surface area contributed by atoms with Crippen molar-refractivity contribution in [1.82, 2.24) is 5.06 Å². The normalized spacial score (nSPS) is 23.2. The Hall–Kier alpha value is -3.36. The average Bonchev–Trinajstić information content (AvgIpc) is 3.12. The van der Waals surface area contributed by atoms with Gasteiger partial charge in [-0.1, -0.05) is 121 Å². The largest absolute Gasteiger partial charge is 0.369 e. The van der Waals surface area contributed by atoms with Crippen LogP contribution in [0.4, 0.5) is 0 Å². The molecule has 1 N–H and O–H groups in total. The van der Waals surface area contributed by atoms with Gasteiger partial charge in [-0.2, -0.15) is 5.06 Å². The molecule has 4 aromatic rings. The van der Waals surface area contributed by atoms with E-state index in [1.54, 1.807) is 0 Å². The van der Waals surface area contributed by atoms with E-state index in [0.29, 0.717) is 26.4 Å². The minimum Gasteiger partial charge on any atom is -0.369 e. The van der Waals surface area contributed by atoms with E-state index in [0.717, 1.165) is 22.3 Å². The van der Waals surface area contributed by atoms with E-state index in [-0.39, 0.29) is 12.6 Å². The van der Waals surface area contributed by atoms with E-state index >= 15 is 0 Å². The number of rotatable bonds is 12. The van der Waals surface area contributed by atoms with E-state index in [1.807, 2.05) is 128 Å². The van der Waals surface area contributed by atoms with Crippen LogP contribution in [0.25, 0.3) is 0 Å². The van der Waals surface area contributed by atoms with Crippen LogP contribution in [0.1, 0.15) is 29.2 Å². The summed E-state index contributed by atoms with van der Waals surface area (Å²) in [5, 5.41) is 12.6. The third-order valence-corrected chi connectivity index (χ3v) is 7.49. The molecule has 6 heteroatoms. The summed E-state index contributed by atoms with van der Waals surface area (Å²) >= 11 is 0. The Labute approximate surface area is 243 Å². The van der Waals surface area contributed by atoms with Crippen molar-refractivity contribution in [3.8, 4) is 0 Å². The molecule has 5 rings (SSSR count). The monoisotopic (exact) mass is 553 g/mol.